The summed E-state index contributed by atoms with van der Waals surface area (Å²) >= 11 is 0. The van der Waals surface area contributed by atoms with Crippen LogP contribution < -0.4 is 0 Å². The Hall–Kier alpha value is -2.77. The summed E-state index contributed by atoms with van der Waals surface area (Å²) in [6.07, 6.45) is 0.361. The number of nitrogens with one attached hydrogen (secondary N) is 1. The van der Waals surface area contributed by atoms with Gasteiger partial charge in [0.1, 0.15) is 5.82 Å². The molecule has 1 amide bonds. The molecule has 0 saturated carbocycles. The second kappa shape index (κ2) is 6.75. The number of carbonyl (C=O) groups excluding carboxylic acids is 1. The fraction of sp³-hybridized carbons (Fsp3) is 0.368. The maximum Gasteiger partial charge on any atom is 0.434 e. The summed E-state index contributed by atoms with van der Waals surface area (Å²) < 4.78 is 39.8. The van der Waals surface area contributed by atoms with Crippen LogP contribution in [0, 0.1) is 0 Å². The van der Waals surface area contributed by atoms with Crippen molar-refractivity contribution in [3.63, 3.8) is 0 Å². The number of hydrogen-bond acceptors (Lipinski definition) is 2. The molecule has 0 radical (unpaired) electrons. The molecule has 1 N–H and O–H groups in total. The zero-order valence-electron chi connectivity index (χ0n) is 14.6. The van der Waals surface area contributed by atoms with Crippen molar-refractivity contribution in [1.29, 1.82) is 0 Å². The van der Waals surface area contributed by atoms with E-state index in [4.69, 9.17) is 0 Å². The van der Waals surface area contributed by atoms with Crippen LogP contribution in [0.1, 0.15) is 29.9 Å². The predicted molar refractivity (Wildman–Crippen MR) is 93.9 cm³/mol. The largest absolute Gasteiger partial charge is 0.434 e. The average molecular weight is 376 g/mol. The fourth-order valence-electron chi connectivity index (χ4n) is 3.53. The first-order valence-electron chi connectivity index (χ1n) is 8.88. The zero-order chi connectivity index (χ0) is 19.0. The van der Waals surface area contributed by atoms with E-state index in [2.05, 4.69) is 9.97 Å². The Labute approximate surface area is 153 Å². The molecular weight excluding hydrogens is 357 g/mol. The molecule has 1 aromatic carbocycles. The van der Waals surface area contributed by atoms with Gasteiger partial charge in [0, 0.05) is 42.8 Å². The van der Waals surface area contributed by atoms with Gasteiger partial charge >= 0.3 is 6.18 Å². The van der Waals surface area contributed by atoms with Crippen LogP contribution in [0.25, 0.3) is 10.9 Å². The van der Waals surface area contributed by atoms with Crippen molar-refractivity contribution in [3.8, 4) is 0 Å². The number of carbonyl (C=O) groups is 1. The highest BCUT2D eigenvalue weighted by Crippen LogP contribution is 2.29. The van der Waals surface area contributed by atoms with Crippen LogP contribution in [0.3, 0.4) is 0 Å². The van der Waals surface area contributed by atoms with E-state index in [1.807, 2.05) is 30.5 Å². The number of aryl methyl sites for hydroxylation is 1. The van der Waals surface area contributed by atoms with Crippen LogP contribution in [0.15, 0.2) is 36.7 Å². The van der Waals surface area contributed by atoms with Crippen LogP contribution in [0.2, 0.25) is 0 Å². The van der Waals surface area contributed by atoms with Crippen molar-refractivity contribution in [2.75, 3.05) is 6.54 Å². The lowest BCUT2D eigenvalue weighted by Gasteiger charge is -2.27. The van der Waals surface area contributed by atoms with Gasteiger partial charge in [0.2, 0.25) is 5.91 Å². The van der Waals surface area contributed by atoms with Crippen molar-refractivity contribution in [1.82, 2.24) is 19.4 Å². The molecule has 5 nitrogen and oxygen atoms in total. The third-order valence-electron chi connectivity index (χ3n) is 4.96. The number of rotatable bonds is 4. The molecule has 0 spiro atoms. The van der Waals surface area contributed by atoms with Crippen LogP contribution >= 0.6 is 0 Å². The number of aromatic amines is 1. The summed E-state index contributed by atoms with van der Waals surface area (Å²) in [6, 6.07) is 8.01. The van der Waals surface area contributed by atoms with Crippen molar-refractivity contribution in [2.24, 2.45) is 0 Å². The average Bonchev–Trinajstić information content (AvgIpc) is 3.25. The molecule has 1 aliphatic heterocycles. The van der Waals surface area contributed by atoms with Gasteiger partial charge in [-0.15, -0.1) is 0 Å². The Kier molecular flexibility index (Phi) is 4.41. The van der Waals surface area contributed by atoms with Gasteiger partial charge in [-0.2, -0.15) is 13.2 Å². The zero-order valence-corrected chi connectivity index (χ0v) is 14.6. The summed E-state index contributed by atoms with van der Waals surface area (Å²) in [4.78, 5) is 20.9. The summed E-state index contributed by atoms with van der Waals surface area (Å²) in [6.45, 7) is 0.876. The first-order valence-corrected chi connectivity index (χ1v) is 8.88. The fourth-order valence-corrected chi connectivity index (χ4v) is 3.53. The third-order valence-corrected chi connectivity index (χ3v) is 4.96. The number of amides is 1. The van der Waals surface area contributed by atoms with Crippen molar-refractivity contribution in [3.05, 3.63) is 53.7 Å². The van der Waals surface area contributed by atoms with E-state index < -0.39 is 11.9 Å². The molecule has 0 saturated heterocycles. The Morgan fingerprint density at radius 2 is 2.04 bits per heavy atom. The van der Waals surface area contributed by atoms with Crippen LogP contribution in [-0.2, 0) is 30.5 Å². The number of H-pyrrole nitrogens is 1. The molecule has 0 bridgehead atoms. The number of alkyl halides is 3. The summed E-state index contributed by atoms with van der Waals surface area (Å²) in [5.41, 5.74) is 1.34. The molecule has 3 heterocycles. The van der Waals surface area contributed by atoms with Crippen LogP contribution in [0.4, 0.5) is 13.2 Å². The number of hydrogen-bond donors (Lipinski definition) is 1. The minimum absolute atomic E-state index is 0.0438. The van der Waals surface area contributed by atoms with E-state index >= 15 is 0 Å². The topological polar surface area (TPSA) is 53.9 Å². The molecule has 0 aliphatic carbocycles. The van der Waals surface area contributed by atoms with Gasteiger partial charge in [-0.25, -0.2) is 4.98 Å². The highest BCUT2D eigenvalue weighted by Gasteiger charge is 2.36. The first-order chi connectivity index (χ1) is 12.9. The number of fused-ring (bicyclic) bond motifs is 2. The predicted octanol–water partition coefficient (Wildman–Crippen LogP) is 3.75. The molecule has 142 valence electrons. The Balaban J connectivity index is 1.35. The second-order valence-electron chi connectivity index (χ2n) is 6.76. The lowest BCUT2D eigenvalue weighted by molar-refractivity contribution is -0.141. The van der Waals surface area contributed by atoms with Crippen molar-refractivity contribution in [2.45, 2.75) is 38.5 Å². The third kappa shape index (κ3) is 3.56. The summed E-state index contributed by atoms with van der Waals surface area (Å²) in [7, 11) is 0. The number of nitrogens with zero attached hydrogens (tertiary/aromatic N) is 3. The molecular formula is C19H19F3N4O. The Morgan fingerprint density at radius 3 is 2.85 bits per heavy atom. The Morgan fingerprint density at radius 1 is 1.22 bits per heavy atom. The maximum atomic E-state index is 12.8. The summed E-state index contributed by atoms with van der Waals surface area (Å²) in [5, 5.41) is 1.16. The van der Waals surface area contributed by atoms with Crippen molar-refractivity contribution >= 4 is 16.8 Å². The highest BCUT2D eigenvalue weighted by atomic mass is 19.4. The van der Waals surface area contributed by atoms with E-state index in [1.54, 1.807) is 4.90 Å². The number of benzene rings is 1. The molecule has 3 aromatic rings. The molecule has 0 unspecified atom stereocenters. The van der Waals surface area contributed by atoms with E-state index in [-0.39, 0.29) is 12.5 Å². The normalized spacial score (nSPS) is 14.6. The van der Waals surface area contributed by atoms with Gasteiger partial charge in [-0.05, 0) is 24.5 Å². The molecule has 0 atom stereocenters. The van der Waals surface area contributed by atoms with E-state index in [1.165, 1.54) is 10.1 Å². The Bertz CT molecular complexity index is 973. The molecule has 2 aromatic heterocycles. The number of halogens is 3. The maximum absolute atomic E-state index is 12.8. The van der Waals surface area contributed by atoms with Gasteiger partial charge in [-0.1, -0.05) is 18.2 Å². The molecule has 0 fully saturated rings. The second-order valence-corrected chi connectivity index (χ2v) is 6.76. The summed E-state index contributed by atoms with van der Waals surface area (Å²) in [5.74, 6) is 0.246. The number of imidazole rings is 1. The van der Waals surface area contributed by atoms with E-state index in [9.17, 15) is 18.0 Å². The van der Waals surface area contributed by atoms with Crippen LogP contribution in [-0.4, -0.2) is 31.9 Å². The van der Waals surface area contributed by atoms with E-state index in [0.29, 0.717) is 31.8 Å². The molecule has 27 heavy (non-hydrogen) atoms. The van der Waals surface area contributed by atoms with E-state index in [0.717, 1.165) is 23.5 Å². The van der Waals surface area contributed by atoms with Gasteiger partial charge in [0.25, 0.3) is 0 Å². The number of para-hydroxylation sites is 1. The lowest BCUT2D eigenvalue weighted by Crippen LogP contribution is -2.38. The van der Waals surface area contributed by atoms with Gasteiger partial charge in [-0.3, -0.25) is 4.79 Å². The van der Waals surface area contributed by atoms with Gasteiger partial charge in [0.15, 0.2) is 5.69 Å². The standard InChI is InChI=1S/C19H19F3N4O/c20-19(21,22)16-11-25-8-9-26(12-17(25)24-16)18(27)7-3-4-13-10-23-15-6-2-1-5-14(13)15/h1-2,5-6,10-11,23H,3-4,7-9,12H2. The quantitative estimate of drug-likeness (QED) is 0.754. The molecule has 4 rings (SSSR count). The SMILES string of the molecule is O=C(CCCc1c[nH]c2ccccc12)N1CCn2cc(C(F)(F)F)nc2C1. The van der Waals surface area contributed by atoms with Gasteiger partial charge in [0.05, 0.1) is 6.54 Å². The first kappa shape index (κ1) is 17.6. The smallest absolute Gasteiger partial charge is 0.361 e. The monoisotopic (exact) mass is 376 g/mol. The minimum atomic E-state index is -4.46. The van der Waals surface area contributed by atoms with Crippen LogP contribution in [0.5, 0.6) is 0 Å². The molecule has 8 heteroatoms. The highest BCUT2D eigenvalue weighted by molar-refractivity contribution is 5.83. The number of aromatic nitrogens is 3. The van der Waals surface area contributed by atoms with Gasteiger partial charge < -0.3 is 14.5 Å². The minimum Gasteiger partial charge on any atom is -0.361 e. The molecule has 1 aliphatic rings. The van der Waals surface area contributed by atoms with Crippen molar-refractivity contribution < 1.29 is 18.0 Å². The lowest BCUT2D eigenvalue weighted by atomic mass is 10.1.